The number of hydrogen-bond donors (Lipinski definition) is 1. The van der Waals surface area contributed by atoms with Crippen LogP contribution in [0, 0.1) is 0 Å². The van der Waals surface area contributed by atoms with E-state index >= 15 is 0 Å². The van der Waals surface area contributed by atoms with Crippen molar-refractivity contribution in [3.8, 4) is 11.5 Å². The molecule has 2 aromatic rings. The largest absolute Gasteiger partial charge is 0.486 e. The number of carbonyl (C=O) groups is 3. The van der Waals surface area contributed by atoms with Crippen LogP contribution in [0.1, 0.15) is 19.4 Å². The molecule has 10 heteroatoms. The zero-order valence-electron chi connectivity index (χ0n) is 17.4. The van der Waals surface area contributed by atoms with Crippen molar-refractivity contribution >= 4 is 40.3 Å². The molecule has 0 unspecified atom stereocenters. The molecule has 0 aliphatic carbocycles. The molecule has 164 valence electrons. The van der Waals surface area contributed by atoms with Crippen molar-refractivity contribution in [3.63, 3.8) is 0 Å². The molecule has 3 heterocycles. The van der Waals surface area contributed by atoms with Gasteiger partial charge < -0.3 is 19.7 Å². The number of amidine groups is 1. The lowest BCUT2D eigenvalue weighted by Crippen LogP contribution is -2.51. The van der Waals surface area contributed by atoms with Crippen LogP contribution in [0.25, 0.3) is 0 Å². The Morgan fingerprint density at radius 3 is 2.62 bits per heavy atom. The molecule has 3 amide bonds. The molecule has 3 aliphatic heterocycles. The molecule has 3 aliphatic rings. The van der Waals surface area contributed by atoms with Crippen LogP contribution in [0.15, 0.2) is 53.6 Å². The van der Waals surface area contributed by atoms with Crippen molar-refractivity contribution in [3.05, 3.63) is 54.1 Å². The summed E-state index contributed by atoms with van der Waals surface area (Å²) < 4.78 is 11.9. The molecule has 0 radical (unpaired) electrons. The Labute approximate surface area is 188 Å². The third-order valence-electron chi connectivity index (χ3n) is 5.36. The SMILES string of the molecule is CC(=O)NC1=NN(C(C)=O)[C@@]2(S1)C(=O)N(C[C@@H]1COc3ccccc3O1)c1ccccc12. The van der Waals surface area contributed by atoms with Gasteiger partial charge in [-0.2, -0.15) is 5.01 Å². The van der Waals surface area contributed by atoms with Crippen LogP contribution in [-0.2, 0) is 19.3 Å². The van der Waals surface area contributed by atoms with Gasteiger partial charge in [-0.1, -0.05) is 30.3 Å². The minimum atomic E-state index is -1.42. The first-order chi connectivity index (χ1) is 15.4. The average molecular weight is 452 g/mol. The second-order valence-corrected chi connectivity index (χ2v) is 8.78. The van der Waals surface area contributed by atoms with Crippen LogP contribution in [0.5, 0.6) is 11.5 Å². The van der Waals surface area contributed by atoms with Crippen molar-refractivity contribution in [2.45, 2.75) is 24.8 Å². The van der Waals surface area contributed by atoms with E-state index in [1.54, 1.807) is 11.0 Å². The second-order valence-electron chi connectivity index (χ2n) is 7.59. The maximum absolute atomic E-state index is 13.9. The quantitative estimate of drug-likeness (QED) is 0.748. The van der Waals surface area contributed by atoms with Crippen LogP contribution in [-0.4, -0.2) is 47.2 Å². The zero-order valence-corrected chi connectivity index (χ0v) is 18.2. The number of hydrogen-bond acceptors (Lipinski definition) is 7. The fourth-order valence-electron chi connectivity index (χ4n) is 4.10. The van der Waals surface area contributed by atoms with E-state index in [4.69, 9.17) is 9.47 Å². The summed E-state index contributed by atoms with van der Waals surface area (Å²) in [7, 11) is 0. The summed E-state index contributed by atoms with van der Waals surface area (Å²) in [5.41, 5.74) is 1.30. The number of amides is 3. The van der Waals surface area contributed by atoms with E-state index in [-0.39, 0.29) is 30.1 Å². The molecule has 9 nitrogen and oxygen atoms in total. The number of nitrogens with one attached hydrogen (secondary N) is 1. The highest BCUT2D eigenvalue weighted by atomic mass is 32.2. The van der Waals surface area contributed by atoms with E-state index in [0.717, 1.165) is 16.8 Å². The molecular weight excluding hydrogens is 432 g/mol. The van der Waals surface area contributed by atoms with Gasteiger partial charge in [-0.05, 0) is 30.0 Å². The standard InChI is InChI=1S/C22H20N4O5S/c1-13(27)23-21-24-26(14(2)28)22(32-21)16-7-3-4-8-17(16)25(20(22)29)11-15-12-30-18-9-5-6-10-19(18)31-15/h3-10,15H,11-12H2,1-2H3,(H,23,24,27)/t15-,22+/m1/s1. The van der Waals surface area contributed by atoms with Gasteiger partial charge >= 0.3 is 0 Å². The number of anilines is 1. The lowest BCUT2D eigenvalue weighted by Gasteiger charge is -2.32. The summed E-state index contributed by atoms with van der Waals surface area (Å²) in [5.74, 6) is 0.212. The van der Waals surface area contributed by atoms with Gasteiger partial charge in [-0.15, -0.1) is 5.10 Å². The van der Waals surface area contributed by atoms with E-state index in [1.807, 2.05) is 42.5 Å². The summed E-state index contributed by atoms with van der Waals surface area (Å²) in [6.45, 7) is 3.21. The Hall–Kier alpha value is -3.53. The number of hydrazone groups is 1. The third-order valence-corrected chi connectivity index (χ3v) is 6.60. The zero-order chi connectivity index (χ0) is 22.5. The van der Waals surface area contributed by atoms with Crippen LogP contribution in [0.4, 0.5) is 5.69 Å². The van der Waals surface area contributed by atoms with Crippen LogP contribution in [0.2, 0.25) is 0 Å². The first kappa shape index (κ1) is 20.4. The van der Waals surface area contributed by atoms with Crippen molar-refractivity contribution in [2.24, 2.45) is 5.10 Å². The number of rotatable bonds is 2. The molecule has 5 rings (SSSR count). The Bertz CT molecular complexity index is 1170. The molecular formula is C22H20N4O5S. The van der Waals surface area contributed by atoms with Gasteiger partial charge in [0.2, 0.25) is 16.7 Å². The normalized spacial score (nSPS) is 23.2. The highest BCUT2D eigenvalue weighted by molar-refractivity contribution is 8.15. The van der Waals surface area contributed by atoms with Crippen LogP contribution >= 0.6 is 11.8 Å². The first-order valence-corrected chi connectivity index (χ1v) is 10.9. The minimum Gasteiger partial charge on any atom is -0.486 e. The molecule has 2 aromatic carbocycles. The molecule has 0 saturated carbocycles. The summed E-state index contributed by atoms with van der Waals surface area (Å²) in [5, 5.41) is 8.20. The molecule has 0 bridgehead atoms. The highest BCUT2D eigenvalue weighted by Crippen LogP contribution is 2.54. The van der Waals surface area contributed by atoms with Crippen molar-refractivity contribution < 1.29 is 23.9 Å². The minimum absolute atomic E-state index is 0.198. The topological polar surface area (TPSA) is 101 Å². The van der Waals surface area contributed by atoms with Gasteiger partial charge in [0.1, 0.15) is 6.61 Å². The van der Waals surface area contributed by atoms with E-state index < -0.39 is 16.9 Å². The predicted molar refractivity (Wildman–Crippen MR) is 118 cm³/mol. The molecule has 2 atom stereocenters. The molecule has 0 saturated heterocycles. The Kier molecular flexibility index (Phi) is 4.81. The number of nitrogens with zero attached hydrogens (tertiary/aromatic N) is 3. The monoisotopic (exact) mass is 452 g/mol. The third kappa shape index (κ3) is 3.10. The van der Waals surface area contributed by atoms with Gasteiger partial charge in [-0.25, -0.2) is 0 Å². The van der Waals surface area contributed by atoms with Gasteiger partial charge in [0.15, 0.2) is 22.8 Å². The molecule has 32 heavy (non-hydrogen) atoms. The van der Waals surface area contributed by atoms with E-state index in [0.29, 0.717) is 22.7 Å². The van der Waals surface area contributed by atoms with Gasteiger partial charge in [-0.3, -0.25) is 14.4 Å². The fourth-order valence-corrected chi connectivity index (χ4v) is 5.44. The number of carbonyl (C=O) groups excluding carboxylic acids is 3. The summed E-state index contributed by atoms with van der Waals surface area (Å²) >= 11 is 1.05. The predicted octanol–water partition coefficient (Wildman–Crippen LogP) is 2.03. The fraction of sp³-hybridized carbons (Fsp3) is 0.273. The Morgan fingerprint density at radius 2 is 1.88 bits per heavy atom. The van der Waals surface area contributed by atoms with E-state index in [1.165, 1.54) is 13.8 Å². The number of ether oxygens (including phenoxy) is 2. The van der Waals surface area contributed by atoms with Crippen LogP contribution < -0.4 is 19.7 Å². The maximum atomic E-state index is 13.9. The first-order valence-electron chi connectivity index (χ1n) is 10.1. The summed E-state index contributed by atoms with van der Waals surface area (Å²) in [6.07, 6.45) is -0.398. The number of thioether (sulfide) groups is 1. The molecule has 0 fully saturated rings. The number of fused-ring (bicyclic) bond motifs is 3. The summed E-state index contributed by atoms with van der Waals surface area (Å²) in [6, 6.07) is 14.6. The number of benzene rings is 2. The highest BCUT2D eigenvalue weighted by Gasteiger charge is 2.61. The average Bonchev–Trinajstić information content (AvgIpc) is 3.26. The Morgan fingerprint density at radius 1 is 1.16 bits per heavy atom. The second kappa shape index (κ2) is 7.56. The van der Waals surface area contributed by atoms with Crippen molar-refractivity contribution in [1.29, 1.82) is 0 Å². The molecule has 1 N–H and O–H groups in total. The van der Waals surface area contributed by atoms with Crippen molar-refractivity contribution in [2.75, 3.05) is 18.1 Å². The van der Waals surface area contributed by atoms with Crippen LogP contribution in [0.3, 0.4) is 0 Å². The lowest BCUT2D eigenvalue weighted by molar-refractivity contribution is -0.139. The van der Waals surface area contributed by atoms with Gasteiger partial charge in [0.25, 0.3) is 5.91 Å². The lowest BCUT2D eigenvalue weighted by atomic mass is 10.1. The Balaban J connectivity index is 1.49. The van der Waals surface area contributed by atoms with Gasteiger partial charge in [0, 0.05) is 19.4 Å². The number of para-hydroxylation sites is 3. The molecule has 0 aromatic heterocycles. The van der Waals surface area contributed by atoms with Crippen molar-refractivity contribution in [1.82, 2.24) is 10.3 Å². The van der Waals surface area contributed by atoms with E-state index in [9.17, 15) is 14.4 Å². The maximum Gasteiger partial charge on any atom is 0.270 e. The molecule has 1 spiro atoms. The summed E-state index contributed by atoms with van der Waals surface area (Å²) in [4.78, 5) is 38.2. The van der Waals surface area contributed by atoms with Gasteiger partial charge in [0.05, 0.1) is 12.2 Å². The van der Waals surface area contributed by atoms with E-state index in [2.05, 4.69) is 10.4 Å². The smallest absolute Gasteiger partial charge is 0.270 e.